The van der Waals surface area contributed by atoms with Gasteiger partial charge in [0.1, 0.15) is 11.3 Å². The van der Waals surface area contributed by atoms with Crippen molar-refractivity contribution < 1.29 is 13.9 Å². The van der Waals surface area contributed by atoms with Crippen molar-refractivity contribution in [2.24, 2.45) is 0 Å². The molecule has 0 radical (unpaired) electrons. The Morgan fingerprint density at radius 2 is 1.88 bits per heavy atom. The van der Waals surface area contributed by atoms with Gasteiger partial charge in [-0.05, 0) is 42.8 Å². The van der Waals surface area contributed by atoms with Crippen LogP contribution in [0.15, 0.2) is 63.8 Å². The smallest absolute Gasteiger partial charge is 0.336 e. The van der Waals surface area contributed by atoms with Crippen LogP contribution in [0, 0.1) is 0 Å². The van der Waals surface area contributed by atoms with E-state index in [2.05, 4.69) is 5.32 Å². The second kappa shape index (κ2) is 7.40. The molecule has 0 aliphatic heterocycles. The number of hydrogen-bond acceptors (Lipinski definition) is 4. The van der Waals surface area contributed by atoms with Crippen LogP contribution in [0.3, 0.4) is 0 Å². The van der Waals surface area contributed by atoms with Gasteiger partial charge in [0.15, 0.2) is 6.10 Å². The Kier molecular flexibility index (Phi) is 5.05. The molecule has 3 aromatic rings. The van der Waals surface area contributed by atoms with Gasteiger partial charge in [0.25, 0.3) is 5.91 Å². The molecule has 0 aliphatic rings. The third-order valence-electron chi connectivity index (χ3n) is 3.66. The second-order valence-electron chi connectivity index (χ2n) is 5.56. The van der Waals surface area contributed by atoms with Gasteiger partial charge in [-0.3, -0.25) is 4.79 Å². The average molecular weight is 358 g/mol. The zero-order valence-corrected chi connectivity index (χ0v) is 14.2. The van der Waals surface area contributed by atoms with Gasteiger partial charge < -0.3 is 14.5 Å². The molecule has 0 fully saturated rings. The van der Waals surface area contributed by atoms with Gasteiger partial charge in [-0.2, -0.15) is 0 Å². The normalized spacial score (nSPS) is 11.9. The molecule has 1 amide bonds. The van der Waals surface area contributed by atoms with Gasteiger partial charge >= 0.3 is 5.63 Å². The first-order valence-electron chi connectivity index (χ1n) is 7.74. The maximum atomic E-state index is 12.2. The van der Waals surface area contributed by atoms with E-state index in [0.29, 0.717) is 22.9 Å². The minimum Gasteiger partial charge on any atom is -0.481 e. The lowest BCUT2D eigenvalue weighted by Gasteiger charge is -2.15. The van der Waals surface area contributed by atoms with Crippen LogP contribution in [0.4, 0.5) is 0 Å². The zero-order chi connectivity index (χ0) is 17.8. The first-order chi connectivity index (χ1) is 12.0. The largest absolute Gasteiger partial charge is 0.481 e. The van der Waals surface area contributed by atoms with Crippen LogP contribution < -0.4 is 15.7 Å². The van der Waals surface area contributed by atoms with Gasteiger partial charge in [0.05, 0.1) is 0 Å². The summed E-state index contributed by atoms with van der Waals surface area (Å²) in [5.41, 5.74) is 0.926. The molecule has 3 rings (SSSR count). The fraction of sp³-hybridized carbons (Fsp3) is 0.158. The summed E-state index contributed by atoms with van der Waals surface area (Å²) in [6.45, 7) is 2.04. The Hall–Kier alpha value is -2.79. The monoisotopic (exact) mass is 357 g/mol. The number of fused-ring (bicyclic) bond motifs is 1. The first kappa shape index (κ1) is 17.0. The predicted octanol–water partition coefficient (Wildman–Crippen LogP) is 3.53. The highest BCUT2D eigenvalue weighted by molar-refractivity contribution is 6.30. The minimum atomic E-state index is -0.694. The first-order valence-corrected chi connectivity index (χ1v) is 8.12. The molecule has 1 heterocycles. The van der Waals surface area contributed by atoms with Crippen LogP contribution in [0.2, 0.25) is 5.02 Å². The minimum absolute atomic E-state index is 0.246. The summed E-state index contributed by atoms with van der Waals surface area (Å²) in [7, 11) is 0. The highest BCUT2D eigenvalue weighted by atomic mass is 35.5. The number of carbonyl (C=O) groups excluding carboxylic acids is 1. The van der Waals surface area contributed by atoms with E-state index in [1.807, 2.05) is 12.1 Å². The van der Waals surface area contributed by atoms with Crippen LogP contribution in [-0.2, 0) is 11.3 Å². The molecular formula is C19H16ClNO4. The highest BCUT2D eigenvalue weighted by Crippen LogP contribution is 2.20. The Bertz CT molecular complexity index is 950. The van der Waals surface area contributed by atoms with Crippen molar-refractivity contribution in [3.63, 3.8) is 0 Å². The number of rotatable bonds is 5. The van der Waals surface area contributed by atoms with Crippen LogP contribution in [0.25, 0.3) is 11.0 Å². The van der Waals surface area contributed by atoms with Gasteiger partial charge in [-0.25, -0.2) is 4.79 Å². The van der Waals surface area contributed by atoms with Crippen molar-refractivity contribution in [2.75, 3.05) is 0 Å². The molecule has 1 N–H and O–H groups in total. The summed E-state index contributed by atoms with van der Waals surface area (Å²) < 4.78 is 10.7. The maximum Gasteiger partial charge on any atom is 0.336 e. The summed E-state index contributed by atoms with van der Waals surface area (Å²) in [6.07, 6.45) is -0.694. The van der Waals surface area contributed by atoms with Crippen molar-refractivity contribution in [3.05, 3.63) is 75.6 Å². The molecule has 1 aromatic heterocycles. The Morgan fingerprint density at radius 3 is 2.64 bits per heavy atom. The molecule has 1 unspecified atom stereocenters. The van der Waals surface area contributed by atoms with Gasteiger partial charge in [0, 0.05) is 29.1 Å². The molecule has 5 nitrogen and oxygen atoms in total. The van der Waals surface area contributed by atoms with Crippen molar-refractivity contribution in [2.45, 2.75) is 19.6 Å². The summed E-state index contributed by atoms with van der Waals surface area (Å²) in [4.78, 5) is 23.5. The van der Waals surface area contributed by atoms with E-state index < -0.39 is 11.7 Å². The fourth-order valence-corrected chi connectivity index (χ4v) is 2.43. The van der Waals surface area contributed by atoms with E-state index in [-0.39, 0.29) is 5.91 Å². The molecule has 0 aliphatic carbocycles. The highest BCUT2D eigenvalue weighted by Gasteiger charge is 2.14. The molecule has 128 valence electrons. The number of halogens is 1. The lowest BCUT2D eigenvalue weighted by atomic mass is 10.2. The van der Waals surface area contributed by atoms with E-state index in [4.69, 9.17) is 20.8 Å². The summed E-state index contributed by atoms with van der Waals surface area (Å²) >= 11 is 5.83. The van der Waals surface area contributed by atoms with Crippen molar-refractivity contribution in [1.82, 2.24) is 5.32 Å². The quantitative estimate of drug-likeness (QED) is 0.709. The average Bonchev–Trinajstić information content (AvgIpc) is 2.60. The standard InChI is InChI=1S/C19H16ClNO4/c1-12(19(23)21-11-13-2-6-15(20)7-3-13)24-16-8-4-14-5-9-18(22)25-17(14)10-16/h2-10,12H,11H2,1H3,(H,21,23). The Labute approximate surface area is 149 Å². The molecule has 2 aromatic carbocycles. The van der Waals surface area contributed by atoms with Gasteiger partial charge in [0.2, 0.25) is 0 Å². The van der Waals surface area contributed by atoms with E-state index in [0.717, 1.165) is 10.9 Å². The zero-order valence-electron chi connectivity index (χ0n) is 13.5. The summed E-state index contributed by atoms with van der Waals surface area (Å²) in [5.74, 6) is 0.209. The topological polar surface area (TPSA) is 68.5 Å². The number of benzene rings is 2. The van der Waals surface area contributed by atoms with Crippen LogP contribution in [0.1, 0.15) is 12.5 Å². The summed E-state index contributed by atoms with van der Waals surface area (Å²) in [6, 6.07) is 15.4. The van der Waals surface area contributed by atoms with Gasteiger partial charge in [-0.1, -0.05) is 23.7 Å². The maximum absolute atomic E-state index is 12.2. The number of nitrogens with one attached hydrogen (secondary N) is 1. The Morgan fingerprint density at radius 1 is 1.16 bits per heavy atom. The van der Waals surface area contributed by atoms with Crippen molar-refractivity contribution in [1.29, 1.82) is 0 Å². The van der Waals surface area contributed by atoms with Crippen LogP contribution in [0.5, 0.6) is 5.75 Å². The van der Waals surface area contributed by atoms with Crippen LogP contribution >= 0.6 is 11.6 Å². The molecule has 0 spiro atoms. The third-order valence-corrected chi connectivity index (χ3v) is 3.91. The van der Waals surface area contributed by atoms with Gasteiger partial charge in [-0.15, -0.1) is 0 Å². The second-order valence-corrected chi connectivity index (χ2v) is 5.99. The van der Waals surface area contributed by atoms with Crippen molar-refractivity contribution >= 4 is 28.5 Å². The van der Waals surface area contributed by atoms with Crippen molar-refractivity contribution in [3.8, 4) is 5.75 Å². The van der Waals surface area contributed by atoms with E-state index in [1.54, 1.807) is 43.3 Å². The fourth-order valence-electron chi connectivity index (χ4n) is 2.31. The van der Waals surface area contributed by atoms with E-state index >= 15 is 0 Å². The molecule has 0 saturated carbocycles. The lowest BCUT2D eigenvalue weighted by molar-refractivity contribution is -0.127. The van der Waals surface area contributed by atoms with Crippen LogP contribution in [-0.4, -0.2) is 12.0 Å². The molecule has 0 bridgehead atoms. The number of carbonyl (C=O) groups is 1. The number of amides is 1. The third kappa shape index (κ3) is 4.39. The number of hydrogen-bond donors (Lipinski definition) is 1. The molecule has 6 heteroatoms. The van der Waals surface area contributed by atoms with E-state index in [9.17, 15) is 9.59 Å². The number of ether oxygens (including phenoxy) is 1. The SMILES string of the molecule is CC(Oc1ccc2ccc(=O)oc2c1)C(=O)NCc1ccc(Cl)cc1. The predicted molar refractivity (Wildman–Crippen MR) is 95.9 cm³/mol. The van der Waals surface area contributed by atoms with E-state index in [1.165, 1.54) is 6.07 Å². The molecule has 0 saturated heterocycles. The Balaban J connectivity index is 1.62. The summed E-state index contributed by atoms with van der Waals surface area (Å²) in [5, 5.41) is 4.24. The molecule has 1 atom stereocenters. The molecule has 25 heavy (non-hydrogen) atoms. The lowest BCUT2D eigenvalue weighted by Crippen LogP contribution is -2.35. The molecular weight excluding hydrogens is 342 g/mol.